The molecule has 0 aromatic heterocycles. The van der Waals surface area contributed by atoms with E-state index in [1.807, 2.05) is 4.90 Å². The Hall–Kier alpha value is -1.10. The van der Waals surface area contributed by atoms with E-state index in [9.17, 15) is 9.59 Å². The number of likely N-dealkylation sites (tertiary alicyclic amines) is 1. The Bertz CT molecular complexity index is 326. The predicted molar refractivity (Wildman–Crippen MR) is 68.5 cm³/mol. The zero-order valence-corrected chi connectivity index (χ0v) is 10.9. The molecular weight excluding hydrogens is 230 g/mol. The molecule has 0 radical (unpaired) electrons. The number of hydrogen-bond donors (Lipinski definition) is 2. The van der Waals surface area contributed by atoms with Crippen molar-refractivity contribution in [1.29, 1.82) is 0 Å². The highest BCUT2D eigenvalue weighted by atomic mass is 16.2. The second-order valence-electron chi connectivity index (χ2n) is 5.79. The smallest absolute Gasteiger partial charge is 0.223 e. The molecule has 1 aliphatic heterocycles. The summed E-state index contributed by atoms with van der Waals surface area (Å²) in [5.74, 6) is -0.0937. The average Bonchev–Trinajstić information content (AvgIpc) is 2.33. The van der Waals surface area contributed by atoms with Gasteiger partial charge in [-0.25, -0.2) is 0 Å². The van der Waals surface area contributed by atoms with Crippen LogP contribution in [0.3, 0.4) is 0 Å². The van der Waals surface area contributed by atoms with Gasteiger partial charge in [0.2, 0.25) is 11.8 Å². The molecule has 18 heavy (non-hydrogen) atoms. The monoisotopic (exact) mass is 253 g/mol. The van der Waals surface area contributed by atoms with Gasteiger partial charge in [-0.15, -0.1) is 0 Å². The summed E-state index contributed by atoms with van der Waals surface area (Å²) < 4.78 is 0. The summed E-state index contributed by atoms with van der Waals surface area (Å²) in [6, 6.07) is 0. The lowest BCUT2D eigenvalue weighted by molar-refractivity contribution is -0.138. The number of carbonyl (C=O) groups excluding carboxylic acids is 2. The molecule has 0 unspecified atom stereocenters. The molecule has 2 rings (SSSR count). The van der Waals surface area contributed by atoms with Crippen molar-refractivity contribution in [2.24, 2.45) is 22.8 Å². The molecule has 2 fully saturated rings. The molecular formula is C13H23N3O2. The molecule has 5 nitrogen and oxygen atoms in total. The molecule has 1 aliphatic carbocycles. The highest BCUT2D eigenvalue weighted by molar-refractivity contribution is 5.79. The van der Waals surface area contributed by atoms with Crippen LogP contribution in [0, 0.1) is 11.3 Å². The van der Waals surface area contributed by atoms with Gasteiger partial charge >= 0.3 is 0 Å². The highest BCUT2D eigenvalue weighted by Gasteiger charge is 2.39. The first kappa shape index (κ1) is 13.3. The maximum atomic E-state index is 12.2. The minimum Gasteiger partial charge on any atom is -0.369 e. The summed E-state index contributed by atoms with van der Waals surface area (Å²) in [6.07, 6.45) is 5.33. The van der Waals surface area contributed by atoms with E-state index in [1.165, 1.54) is 6.42 Å². The lowest BCUT2D eigenvalue weighted by atomic mass is 9.66. The molecule has 0 aromatic rings. The number of nitrogens with zero attached hydrogens (tertiary/aromatic N) is 1. The minimum atomic E-state index is -0.237. The molecule has 0 bridgehead atoms. The summed E-state index contributed by atoms with van der Waals surface area (Å²) in [7, 11) is 0. The van der Waals surface area contributed by atoms with Crippen molar-refractivity contribution in [2.45, 2.75) is 38.5 Å². The highest BCUT2D eigenvalue weighted by Crippen LogP contribution is 2.43. The van der Waals surface area contributed by atoms with Gasteiger partial charge < -0.3 is 16.4 Å². The number of hydrogen-bond acceptors (Lipinski definition) is 3. The molecule has 5 heteroatoms. The van der Waals surface area contributed by atoms with Crippen LogP contribution in [-0.4, -0.2) is 36.3 Å². The topological polar surface area (TPSA) is 89.4 Å². The van der Waals surface area contributed by atoms with Gasteiger partial charge in [0.05, 0.1) is 0 Å². The maximum Gasteiger partial charge on any atom is 0.223 e. The fourth-order valence-corrected chi connectivity index (χ4v) is 2.98. The molecule has 2 amide bonds. The normalized spacial score (nSPS) is 23.5. The Morgan fingerprint density at radius 3 is 2.22 bits per heavy atom. The van der Waals surface area contributed by atoms with Gasteiger partial charge in [-0.05, 0) is 37.6 Å². The summed E-state index contributed by atoms with van der Waals surface area (Å²) in [6.45, 7) is 1.93. The first-order chi connectivity index (χ1) is 8.56. The lowest BCUT2D eigenvalue weighted by Gasteiger charge is -2.42. The zero-order valence-electron chi connectivity index (χ0n) is 10.9. The van der Waals surface area contributed by atoms with Crippen LogP contribution in [0.1, 0.15) is 38.5 Å². The summed E-state index contributed by atoms with van der Waals surface area (Å²) in [4.78, 5) is 25.1. The number of carbonyl (C=O) groups is 2. The molecule has 0 spiro atoms. The Labute approximate surface area is 108 Å². The maximum absolute atomic E-state index is 12.2. The Balaban J connectivity index is 1.82. The van der Waals surface area contributed by atoms with Gasteiger partial charge in [0.15, 0.2) is 0 Å². The first-order valence-electron chi connectivity index (χ1n) is 6.83. The van der Waals surface area contributed by atoms with Crippen LogP contribution in [0.4, 0.5) is 0 Å². The van der Waals surface area contributed by atoms with Crippen molar-refractivity contribution >= 4 is 11.8 Å². The van der Waals surface area contributed by atoms with Crippen LogP contribution in [-0.2, 0) is 9.59 Å². The SMILES string of the molecule is NCC1(CC(=O)N2CCC(C(N)=O)CC2)CCC1. The number of primary amides is 1. The Morgan fingerprint density at radius 2 is 1.83 bits per heavy atom. The summed E-state index contributed by atoms with van der Waals surface area (Å²) >= 11 is 0. The largest absolute Gasteiger partial charge is 0.369 e. The van der Waals surface area contributed by atoms with Gasteiger partial charge in [0.25, 0.3) is 0 Å². The van der Waals surface area contributed by atoms with Crippen LogP contribution in [0.2, 0.25) is 0 Å². The number of rotatable bonds is 4. The van der Waals surface area contributed by atoms with E-state index < -0.39 is 0 Å². The summed E-state index contributed by atoms with van der Waals surface area (Å²) in [5.41, 5.74) is 11.1. The molecule has 0 atom stereocenters. The van der Waals surface area contributed by atoms with Crippen molar-refractivity contribution in [3.8, 4) is 0 Å². The fourth-order valence-electron chi connectivity index (χ4n) is 2.98. The van der Waals surface area contributed by atoms with E-state index >= 15 is 0 Å². The third kappa shape index (κ3) is 2.66. The minimum absolute atomic E-state index is 0.0544. The van der Waals surface area contributed by atoms with E-state index in [-0.39, 0.29) is 23.1 Å². The van der Waals surface area contributed by atoms with E-state index in [0.29, 0.717) is 38.9 Å². The van der Waals surface area contributed by atoms with Gasteiger partial charge in [-0.2, -0.15) is 0 Å². The van der Waals surface area contributed by atoms with Gasteiger partial charge in [0.1, 0.15) is 0 Å². The van der Waals surface area contributed by atoms with Crippen molar-refractivity contribution in [3.63, 3.8) is 0 Å². The Kier molecular flexibility index (Phi) is 3.90. The second kappa shape index (κ2) is 5.26. The Morgan fingerprint density at radius 1 is 1.22 bits per heavy atom. The summed E-state index contributed by atoms with van der Waals surface area (Å²) in [5, 5.41) is 0. The first-order valence-corrected chi connectivity index (χ1v) is 6.83. The molecule has 2 aliphatic rings. The molecule has 1 saturated heterocycles. The standard InChI is InChI=1S/C13H23N3O2/c14-9-13(4-1-5-13)8-11(17)16-6-2-10(3-7-16)12(15)18/h10H,1-9,14H2,(H2,15,18). The number of nitrogens with two attached hydrogens (primary N) is 2. The van der Waals surface area contributed by atoms with Crippen LogP contribution < -0.4 is 11.5 Å². The molecule has 4 N–H and O–H groups in total. The van der Waals surface area contributed by atoms with Gasteiger partial charge in [0, 0.05) is 25.4 Å². The number of piperidine rings is 1. The van der Waals surface area contributed by atoms with Gasteiger partial charge in [-0.3, -0.25) is 9.59 Å². The fraction of sp³-hybridized carbons (Fsp3) is 0.846. The van der Waals surface area contributed by atoms with Gasteiger partial charge in [-0.1, -0.05) is 6.42 Å². The van der Waals surface area contributed by atoms with Crippen LogP contribution in [0.25, 0.3) is 0 Å². The third-order valence-electron chi connectivity index (χ3n) is 4.62. The molecule has 1 heterocycles. The van der Waals surface area contributed by atoms with Crippen molar-refractivity contribution in [1.82, 2.24) is 4.90 Å². The van der Waals surface area contributed by atoms with Crippen LogP contribution >= 0.6 is 0 Å². The van der Waals surface area contributed by atoms with Crippen molar-refractivity contribution in [3.05, 3.63) is 0 Å². The zero-order chi connectivity index (χ0) is 13.2. The molecule has 1 saturated carbocycles. The van der Waals surface area contributed by atoms with Crippen molar-refractivity contribution < 1.29 is 9.59 Å². The quantitative estimate of drug-likeness (QED) is 0.751. The van der Waals surface area contributed by atoms with Crippen LogP contribution in [0.5, 0.6) is 0 Å². The van der Waals surface area contributed by atoms with E-state index in [1.54, 1.807) is 0 Å². The third-order valence-corrected chi connectivity index (χ3v) is 4.62. The average molecular weight is 253 g/mol. The van der Waals surface area contributed by atoms with E-state index in [0.717, 1.165) is 12.8 Å². The molecule has 102 valence electrons. The van der Waals surface area contributed by atoms with E-state index in [2.05, 4.69) is 0 Å². The van der Waals surface area contributed by atoms with Crippen LogP contribution in [0.15, 0.2) is 0 Å². The number of amides is 2. The van der Waals surface area contributed by atoms with Crippen molar-refractivity contribution in [2.75, 3.05) is 19.6 Å². The predicted octanol–water partition coefficient (Wildman–Crippen LogP) is 0.229. The lowest BCUT2D eigenvalue weighted by Crippen LogP contribution is -2.46. The van der Waals surface area contributed by atoms with E-state index in [4.69, 9.17) is 11.5 Å². The molecule has 0 aromatic carbocycles. The second-order valence-corrected chi connectivity index (χ2v) is 5.79.